The summed E-state index contributed by atoms with van der Waals surface area (Å²) in [6, 6.07) is 0. The van der Waals surface area contributed by atoms with Gasteiger partial charge in [0.1, 0.15) is 17.5 Å². The van der Waals surface area contributed by atoms with Crippen LogP contribution in [0.2, 0.25) is 0 Å². The number of amides is 1. The van der Waals surface area contributed by atoms with Crippen molar-refractivity contribution in [3.63, 3.8) is 0 Å². The largest absolute Gasteiger partial charge is 0.383 e. The van der Waals surface area contributed by atoms with Gasteiger partial charge in [-0.25, -0.2) is 9.97 Å². The molecule has 6 heteroatoms. The lowest BCUT2D eigenvalue weighted by Crippen LogP contribution is -2.35. The molecule has 112 valence electrons. The smallest absolute Gasteiger partial charge is 0.224 e. The molecule has 0 aromatic carbocycles. The molecule has 0 aliphatic heterocycles. The van der Waals surface area contributed by atoms with E-state index in [4.69, 9.17) is 5.73 Å². The summed E-state index contributed by atoms with van der Waals surface area (Å²) in [6.07, 6.45) is 0. The summed E-state index contributed by atoms with van der Waals surface area (Å²) in [5.74, 6) is 2.11. The summed E-state index contributed by atoms with van der Waals surface area (Å²) in [7, 11) is 3.56. The zero-order valence-corrected chi connectivity index (χ0v) is 13.2. The molecule has 0 radical (unpaired) electrons. The van der Waals surface area contributed by atoms with E-state index >= 15 is 0 Å². The molecule has 1 heterocycles. The van der Waals surface area contributed by atoms with Gasteiger partial charge in [-0.2, -0.15) is 0 Å². The van der Waals surface area contributed by atoms with E-state index in [1.54, 1.807) is 7.05 Å². The summed E-state index contributed by atoms with van der Waals surface area (Å²) >= 11 is 0. The van der Waals surface area contributed by atoms with Crippen molar-refractivity contribution in [2.24, 2.45) is 5.92 Å². The number of hydrogen-bond acceptors (Lipinski definition) is 5. The Hall–Kier alpha value is -1.85. The van der Waals surface area contributed by atoms with E-state index in [1.165, 1.54) is 0 Å². The van der Waals surface area contributed by atoms with Gasteiger partial charge in [0.05, 0.1) is 5.92 Å². The zero-order chi connectivity index (χ0) is 15.4. The first-order valence-corrected chi connectivity index (χ1v) is 6.84. The number of nitrogens with two attached hydrogens (primary N) is 1. The van der Waals surface area contributed by atoms with Crippen molar-refractivity contribution in [2.75, 3.05) is 31.3 Å². The Morgan fingerprint density at radius 2 is 1.95 bits per heavy atom. The maximum Gasteiger partial charge on any atom is 0.224 e. The second-order valence-corrected chi connectivity index (χ2v) is 5.47. The molecule has 1 rings (SSSR count). The fourth-order valence-electron chi connectivity index (χ4n) is 2.00. The van der Waals surface area contributed by atoms with Gasteiger partial charge in [0, 0.05) is 32.1 Å². The number of carbonyl (C=O) groups is 1. The quantitative estimate of drug-likeness (QED) is 0.849. The molecule has 0 bridgehead atoms. The molecule has 0 saturated carbocycles. The lowest BCUT2D eigenvalue weighted by atomic mass is 10.1. The van der Waals surface area contributed by atoms with Gasteiger partial charge in [-0.05, 0) is 6.92 Å². The Labute approximate surface area is 120 Å². The number of nitrogens with one attached hydrogen (secondary N) is 1. The van der Waals surface area contributed by atoms with E-state index in [-0.39, 0.29) is 17.7 Å². The highest BCUT2D eigenvalue weighted by Gasteiger charge is 2.18. The van der Waals surface area contributed by atoms with Crippen molar-refractivity contribution >= 4 is 17.5 Å². The molecule has 6 nitrogen and oxygen atoms in total. The van der Waals surface area contributed by atoms with Crippen molar-refractivity contribution in [3.8, 4) is 0 Å². The van der Waals surface area contributed by atoms with Crippen LogP contribution < -0.4 is 16.0 Å². The van der Waals surface area contributed by atoms with Crippen LogP contribution in [0.3, 0.4) is 0 Å². The molecule has 0 saturated heterocycles. The monoisotopic (exact) mass is 279 g/mol. The van der Waals surface area contributed by atoms with Crippen molar-refractivity contribution < 1.29 is 4.79 Å². The first kappa shape index (κ1) is 16.2. The van der Waals surface area contributed by atoms with E-state index in [1.807, 2.05) is 39.6 Å². The Kier molecular flexibility index (Phi) is 5.30. The molecule has 1 aromatic heterocycles. The molecule has 0 fully saturated rings. The molecule has 1 atom stereocenters. The standard InChI is InChI=1S/C14H25N5O/c1-8(2)12-17-11(15)10(4)13(18-12)19(6)7-9(3)14(20)16-5/h8-9H,7H2,1-6H3,(H,16,20)(H2,15,17,18). The minimum atomic E-state index is -0.122. The van der Waals surface area contributed by atoms with E-state index in [0.717, 1.165) is 17.2 Å². The average Bonchev–Trinajstić information content (AvgIpc) is 2.39. The van der Waals surface area contributed by atoms with Crippen molar-refractivity contribution in [1.82, 2.24) is 15.3 Å². The molecular weight excluding hydrogens is 254 g/mol. The number of anilines is 2. The molecule has 3 N–H and O–H groups in total. The van der Waals surface area contributed by atoms with Crippen LogP contribution >= 0.6 is 0 Å². The summed E-state index contributed by atoms with van der Waals surface area (Å²) in [5.41, 5.74) is 6.80. The normalized spacial score (nSPS) is 12.3. The van der Waals surface area contributed by atoms with E-state index in [2.05, 4.69) is 15.3 Å². The number of carbonyl (C=O) groups excluding carboxylic acids is 1. The zero-order valence-electron chi connectivity index (χ0n) is 13.2. The van der Waals surface area contributed by atoms with Gasteiger partial charge in [0.25, 0.3) is 0 Å². The molecule has 1 unspecified atom stereocenters. The Morgan fingerprint density at radius 3 is 2.45 bits per heavy atom. The highest BCUT2D eigenvalue weighted by Crippen LogP contribution is 2.24. The van der Waals surface area contributed by atoms with Crippen LogP contribution in [0.5, 0.6) is 0 Å². The Morgan fingerprint density at radius 1 is 1.35 bits per heavy atom. The maximum absolute atomic E-state index is 11.6. The van der Waals surface area contributed by atoms with Gasteiger partial charge in [0.15, 0.2) is 0 Å². The third-order valence-electron chi connectivity index (χ3n) is 3.29. The average molecular weight is 279 g/mol. The van der Waals surface area contributed by atoms with Crippen LogP contribution in [0.4, 0.5) is 11.6 Å². The highest BCUT2D eigenvalue weighted by molar-refractivity contribution is 5.78. The summed E-state index contributed by atoms with van der Waals surface area (Å²) in [6.45, 7) is 8.42. The summed E-state index contributed by atoms with van der Waals surface area (Å²) < 4.78 is 0. The Balaban J connectivity index is 3.03. The Bertz CT molecular complexity index is 487. The minimum absolute atomic E-state index is 0.0145. The highest BCUT2D eigenvalue weighted by atomic mass is 16.1. The van der Waals surface area contributed by atoms with Crippen LogP contribution in [0.25, 0.3) is 0 Å². The molecule has 0 aliphatic rings. The molecule has 1 aromatic rings. The third-order valence-corrected chi connectivity index (χ3v) is 3.29. The number of rotatable bonds is 5. The van der Waals surface area contributed by atoms with Gasteiger partial charge in [-0.15, -0.1) is 0 Å². The van der Waals surface area contributed by atoms with Crippen LogP contribution in [0.15, 0.2) is 0 Å². The SMILES string of the molecule is CNC(=O)C(C)CN(C)c1nc(C(C)C)nc(N)c1C. The molecule has 0 aliphatic carbocycles. The minimum Gasteiger partial charge on any atom is -0.383 e. The number of aromatic nitrogens is 2. The van der Waals surface area contributed by atoms with Gasteiger partial charge < -0.3 is 16.0 Å². The van der Waals surface area contributed by atoms with Gasteiger partial charge >= 0.3 is 0 Å². The first-order chi connectivity index (χ1) is 9.27. The van der Waals surface area contributed by atoms with E-state index < -0.39 is 0 Å². The van der Waals surface area contributed by atoms with Crippen molar-refractivity contribution in [3.05, 3.63) is 11.4 Å². The number of nitrogen functional groups attached to an aromatic ring is 1. The molecular formula is C14H25N5O. The van der Waals surface area contributed by atoms with Crippen molar-refractivity contribution in [2.45, 2.75) is 33.6 Å². The number of hydrogen-bond donors (Lipinski definition) is 2. The lowest BCUT2D eigenvalue weighted by molar-refractivity contribution is -0.123. The van der Waals surface area contributed by atoms with Gasteiger partial charge in [0.2, 0.25) is 5.91 Å². The van der Waals surface area contributed by atoms with Crippen molar-refractivity contribution in [1.29, 1.82) is 0 Å². The van der Waals surface area contributed by atoms with Crippen LogP contribution in [0, 0.1) is 12.8 Å². The first-order valence-electron chi connectivity index (χ1n) is 6.84. The third kappa shape index (κ3) is 3.59. The molecule has 0 spiro atoms. The molecule has 20 heavy (non-hydrogen) atoms. The summed E-state index contributed by atoms with van der Waals surface area (Å²) in [5, 5.41) is 2.65. The van der Waals surface area contributed by atoms with Crippen LogP contribution in [-0.2, 0) is 4.79 Å². The van der Waals surface area contributed by atoms with Crippen LogP contribution in [-0.4, -0.2) is 36.5 Å². The predicted octanol–water partition coefficient (Wildman–Crippen LogP) is 1.31. The van der Waals surface area contributed by atoms with E-state index in [9.17, 15) is 4.79 Å². The lowest BCUT2D eigenvalue weighted by Gasteiger charge is -2.24. The number of nitrogens with zero attached hydrogens (tertiary/aromatic N) is 3. The van der Waals surface area contributed by atoms with Gasteiger partial charge in [-0.1, -0.05) is 20.8 Å². The second kappa shape index (κ2) is 6.54. The van der Waals surface area contributed by atoms with Gasteiger partial charge in [-0.3, -0.25) is 4.79 Å². The summed E-state index contributed by atoms with van der Waals surface area (Å²) in [4.78, 5) is 22.4. The fourth-order valence-corrected chi connectivity index (χ4v) is 2.00. The fraction of sp³-hybridized carbons (Fsp3) is 0.643. The predicted molar refractivity (Wildman–Crippen MR) is 81.8 cm³/mol. The molecule has 1 amide bonds. The second-order valence-electron chi connectivity index (χ2n) is 5.47. The van der Waals surface area contributed by atoms with E-state index in [0.29, 0.717) is 12.4 Å². The maximum atomic E-state index is 11.6. The van der Waals surface area contributed by atoms with Crippen LogP contribution in [0.1, 0.15) is 38.1 Å². The topological polar surface area (TPSA) is 84.1 Å².